The van der Waals surface area contributed by atoms with Crippen LogP contribution in [0.3, 0.4) is 0 Å². The molecule has 0 aromatic heterocycles. The second-order valence-electron chi connectivity index (χ2n) is 6.27. The number of hydrogen-bond acceptors (Lipinski definition) is 7. The van der Waals surface area contributed by atoms with Crippen molar-refractivity contribution in [2.75, 3.05) is 21.3 Å². The first-order valence-corrected chi connectivity index (χ1v) is 8.79. The summed E-state index contributed by atoms with van der Waals surface area (Å²) in [7, 11) is 3.56. The molecular weight excluding hydrogens is 376 g/mol. The van der Waals surface area contributed by atoms with E-state index in [1.165, 1.54) is 27.4 Å². The number of esters is 3. The van der Waals surface area contributed by atoms with Gasteiger partial charge in [0.15, 0.2) is 5.60 Å². The predicted molar refractivity (Wildman–Crippen MR) is 102 cm³/mol. The van der Waals surface area contributed by atoms with Gasteiger partial charge in [-0.05, 0) is 11.6 Å². The normalized spacial score (nSPS) is 17.4. The first-order valence-electron chi connectivity index (χ1n) is 8.79. The van der Waals surface area contributed by atoms with E-state index in [2.05, 4.69) is 0 Å². The first-order chi connectivity index (χ1) is 14.0. The summed E-state index contributed by atoms with van der Waals surface area (Å²) in [5.41, 5.74) is -0.112. The van der Waals surface area contributed by atoms with E-state index in [1.54, 1.807) is 54.6 Å². The van der Waals surface area contributed by atoms with Crippen molar-refractivity contribution in [3.63, 3.8) is 0 Å². The molecule has 0 saturated carbocycles. The van der Waals surface area contributed by atoms with Crippen molar-refractivity contribution in [2.24, 2.45) is 5.92 Å². The lowest BCUT2D eigenvalue weighted by atomic mass is 9.72. The van der Waals surface area contributed by atoms with Crippen LogP contribution in [0.4, 0.5) is 0 Å². The van der Waals surface area contributed by atoms with Gasteiger partial charge in [0, 0.05) is 11.1 Å². The Labute approximate surface area is 167 Å². The molecule has 0 fully saturated rings. The Balaban J connectivity index is 2.39. The van der Waals surface area contributed by atoms with Gasteiger partial charge in [0.25, 0.3) is 0 Å². The summed E-state index contributed by atoms with van der Waals surface area (Å²) >= 11 is 0. The molecule has 1 aliphatic rings. The number of benzene rings is 2. The van der Waals surface area contributed by atoms with Crippen molar-refractivity contribution in [3.05, 3.63) is 77.0 Å². The van der Waals surface area contributed by atoms with Gasteiger partial charge in [-0.15, -0.1) is 0 Å². The summed E-state index contributed by atoms with van der Waals surface area (Å²) in [4.78, 5) is 38.0. The molecule has 0 saturated heterocycles. The molecule has 0 N–H and O–H groups in total. The minimum absolute atomic E-state index is 0.146. The van der Waals surface area contributed by atoms with Crippen LogP contribution < -0.4 is 0 Å². The largest absolute Gasteiger partial charge is 0.469 e. The van der Waals surface area contributed by atoms with E-state index in [0.29, 0.717) is 16.7 Å². The number of methoxy groups -OCH3 is 3. The maximum atomic E-state index is 12.8. The summed E-state index contributed by atoms with van der Waals surface area (Å²) in [5, 5.41) is 0. The van der Waals surface area contributed by atoms with Gasteiger partial charge in [-0.3, -0.25) is 9.59 Å². The van der Waals surface area contributed by atoms with E-state index >= 15 is 0 Å². The molecule has 1 aliphatic heterocycles. The van der Waals surface area contributed by atoms with Crippen LogP contribution in [0.1, 0.15) is 16.7 Å². The van der Waals surface area contributed by atoms with Gasteiger partial charge in [-0.25, -0.2) is 4.79 Å². The van der Waals surface area contributed by atoms with E-state index < -0.39 is 29.4 Å². The minimum atomic E-state index is -1.70. The Morgan fingerprint density at radius 2 is 1.41 bits per heavy atom. The molecular formula is C22H20O7. The van der Waals surface area contributed by atoms with Crippen LogP contribution in [0, 0.1) is 5.92 Å². The fourth-order valence-corrected chi connectivity index (χ4v) is 3.51. The molecule has 2 aromatic rings. The highest BCUT2D eigenvalue weighted by molar-refractivity contribution is 5.99. The van der Waals surface area contributed by atoms with Gasteiger partial charge < -0.3 is 18.9 Å². The summed E-state index contributed by atoms with van der Waals surface area (Å²) in [6.07, 6.45) is 1.51. The fraction of sp³-hybridized carbons (Fsp3) is 0.227. The zero-order chi connectivity index (χ0) is 21.0. The third-order valence-corrected chi connectivity index (χ3v) is 4.79. The first kappa shape index (κ1) is 20.1. The Morgan fingerprint density at radius 3 is 2.00 bits per heavy atom. The van der Waals surface area contributed by atoms with Gasteiger partial charge in [-0.1, -0.05) is 54.6 Å². The van der Waals surface area contributed by atoms with Gasteiger partial charge in [0.1, 0.15) is 0 Å². The molecule has 0 radical (unpaired) electrons. The number of carbonyl (C=O) groups is 3. The maximum absolute atomic E-state index is 12.8. The summed E-state index contributed by atoms with van der Waals surface area (Å²) < 4.78 is 20.8. The standard InChI is InChI=1S/C22H20O7/c1-26-19(23)17-13-14-9-7-8-12-16(14)22(29-17,15-10-5-4-6-11-15)18(20(24)27-2)21(25)28-3/h4-13,18H,1-3H3. The number of ether oxygens (including phenoxy) is 4. The highest BCUT2D eigenvalue weighted by Crippen LogP contribution is 2.48. The van der Waals surface area contributed by atoms with E-state index in [-0.39, 0.29) is 5.76 Å². The zero-order valence-corrected chi connectivity index (χ0v) is 16.2. The van der Waals surface area contributed by atoms with Gasteiger partial charge in [0.05, 0.1) is 21.3 Å². The summed E-state index contributed by atoms with van der Waals surface area (Å²) in [6.45, 7) is 0. The lowest BCUT2D eigenvalue weighted by molar-refractivity contribution is -0.174. The number of carbonyl (C=O) groups excluding carboxylic acids is 3. The lowest BCUT2D eigenvalue weighted by Gasteiger charge is -2.42. The van der Waals surface area contributed by atoms with Gasteiger partial charge >= 0.3 is 17.9 Å². The highest BCUT2D eigenvalue weighted by atomic mass is 16.6. The second kappa shape index (κ2) is 8.18. The molecule has 29 heavy (non-hydrogen) atoms. The zero-order valence-electron chi connectivity index (χ0n) is 16.2. The third kappa shape index (κ3) is 3.35. The van der Waals surface area contributed by atoms with Gasteiger partial charge in [-0.2, -0.15) is 0 Å². The molecule has 150 valence electrons. The quantitative estimate of drug-likeness (QED) is 0.436. The molecule has 1 atom stereocenters. The molecule has 3 rings (SSSR count). The average Bonchev–Trinajstić information content (AvgIpc) is 2.78. The summed E-state index contributed by atoms with van der Waals surface area (Å²) in [6, 6.07) is 15.7. The Morgan fingerprint density at radius 1 is 0.828 bits per heavy atom. The van der Waals surface area contributed by atoms with Crippen LogP contribution in [0.5, 0.6) is 0 Å². The van der Waals surface area contributed by atoms with Gasteiger partial charge in [0.2, 0.25) is 11.7 Å². The second-order valence-corrected chi connectivity index (χ2v) is 6.27. The van der Waals surface area contributed by atoms with E-state index in [4.69, 9.17) is 18.9 Å². The smallest absolute Gasteiger partial charge is 0.373 e. The van der Waals surface area contributed by atoms with E-state index in [0.717, 1.165) is 0 Å². The SMILES string of the molecule is COC(=O)C1=Cc2ccccc2C(c2ccccc2)(C(C(=O)OC)C(=O)OC)O1. The maximum Gasteiger partial charge on any atom is 0.373 e. The Kier molecular flexibility index (Phi) is 5.68. The van der Waals surface area contributed by atoms with Crippen molar-refractivity contribution in [2.45, 2.75) is 5.60 Å². The molecule has 1 heterocycles. The predicted octanol–water partition coefficient (Wildman–Crippen LogP) is 2.44. The Hall–Kier alpha value is -3.61. The topological polar surface area (TPSA) is 88.1 Å². The van der Waals surface area contributed by atoms with Crippen molar-refractivity contribution >= 4 is 24.0 Å². The van der Waals surface area contributed by atoms with Crippen LogP contribution in [-0.2, 0) is 38.9 Å². The Bertz CT molecular complexity index is 948. The number of hydrogen-bond donors (Lipinski definition) is 0. The van der Waals surface area contributed by atoms with Crippen LogP contribution in [-0.4, -0.2) is 39.2 Å². The van der Waals surface area contributed by atoms with Crippen molar-refractivity contribution < 1.29 is 33.3 Å². The van der Waals surface area contributed by atoms with E-state index in [1.807, 2.05) is 0 Å². The van der Waals surface area contributed by atoms with E-state index in [9.17, 15) is 14.4 Å². The van der Waals surface area contributed by atoms with Crippen molar-refractivity contribution in [1.29, 1.82) is 0 Å². The van der Waals surface area contributed by atoms with Crippen molar-refractivity contribution in [3.8, 4) is 0 Å². The molecule has 0 aliphatic carbocycles. The molecule has 0 bridgehead atoms. The highest BCUT2D eigenvalue weighted by Gasteiger charge is 2.57. The third-order valence-electron chi connectivity index (χ3n) is 4.79. The lowest BCUT2D eigenvalue weighted by Crippen LogP contribution is -2.50. The average molecular weight is 396 g/mol. The minimum Gasteiger partial charge on any atom is -0.469 e. The van der Waals surface area contributed by atoms with Crippen molar-refractivity contribution in [1.82, 2.24) is 0 Å². The number of rotatable bonds is 5. The molecule has 1 unspecified atom stereocenters. The number of fused-ring (bicyclic) bond motifs is 1. The molecule has 2 aromatic carbocycles. The van der Waals surface area contributed by atoms with Crippen LogP contribution >= 0.6 is 0 Å². The molecule has 7 nitrogen and oxygen atoms in total. The van der Waals surface area contributed by atoms with Crippen LogP contribution in [0.25, 0.3) is 6.08 Å². The summed E-state index contributed by atoms with van der Waals surface area (Å²) in [5.74, 6) is -4.14. The molecule has 0 spiro atoms. The molecule has 7 heteroatoms. The monoisotopic (exact) mass is 396 g/mol. The van der Waals surface area contributed by atoms with Crippen LogP contribution in [0.2, 0.25) is 0 Å². The van der Waals surface area contributed by atoms with Crippen LogP contribution in [0.15, 0.2) is 60.4 Å². The fourth-order valence-electron chi connectivity index (χ4n) is 3.51. The molecule has 0 amide bonds.